The second kappa shape index (κ2) is 7.59. The number of carbonyl (C=O) groups excluding carboxylic acids is 2. The molecule has 0 aromatic heterocycles. The minimum Gasteiger partial charge on any atom is -0.465 e. The molecule has 1 rings (SSSR count). The second-order valence-corrected chi connectivity index (χ2v) is 3.78. The van der Waals surface area contributed by atoms with Gasteiger partial charge in [0.05, 0.1) is 7.11 Å². The number of amides is 1. The zero-order chi connectivity index (χ0) is 15.0. The van der Waals surface area contributed by atoms with Gasteiger partial charge in [-0.2, -0.15) is 5.26 Å². The second-order valence-electron chi connectivity index (χ2n) is 3.78. The Bertz CT molecular complexity index is 556. The van der Waals surface area contributed by atoms with Crippen LogP contribution in [0, 0.1) is 11.3 Å². The molecule has 0 spiro atoms. The number of carbonyl (C=O) groups is 2. The maximum atomic E-state index is 11.2. The van der Waals surface area contributed by atoms with Crippen molar-refractivity contribution in [1.29, 1.82) is 5.26 Å². The Labute approximate surface area is 117 Å². The lowest BCUT2D eigenvalue weighted by molar-refractivity contribution is -0.135. The van der Waals surface area contributed by atoms with Crippen molar-refractivity contribution in [1.82, 2.24) is 0 Å². The number of methoxy groups -OCH3 is 1. The summed E-state index contributed by atoms with van der Waals surface area (Å²) in [7, 11) is 1.21. The fraction of sp³-hybridized carbons (Fsp3) is 0.214. The fourth-order valence-electron chi connectivity index (χ4n) is 1.30. The maximum absolute atomic E-state index is 11.2. The molecule has 0 unspecified atom stereocenters. The molecule has 20 heavy (non-hydrogen) atoms. The molecule has 0 saturated heterocycles. The lowest BCUT2D eigenvalue weighted by Gasteiger charge is -2.05. The number of ether oxygens (including phenoxy) is 1. The van der Waals surface area contributed by atoms with Crippen LogP contribution in [-0.4, -0.2) is 19.0 Å². The minimum absolute atomic E-state index is 0.0666. The number of hydrogen-bond acceptors (Lipinski definition) is 5. The van der Waals surface area contributed by atoms with Crippen LogP contribution in [0.25, 0.3) is 0 Å². The molecule has 6 nitrogen and oxygen atoms in total. The van der Waals surface area contributed by atoms with Gasteiger partial charge >= 0.3 is 5.97 Å². The maximum Gasteiger partial charge on any atom is 0.350 e. The molecule has 2 N–H and O–H groups in total. The first-order valence-electron chi connectivity index (χ1n) is 5.95. The van der Waals surface area contributed by atoms with Crippen LogP contribution in [0.2, 0.25) is 0 Å². The molecule has 1 amide bonds. The number of anilines is 2. The van der Waals surface area contributed by atoms with E-state index in [1.165, 1.54) is 13.3 Å². The third-order valence-electron chi connectivity index (χ3n) is 2.40. The van der Waals surface area contributed by atoms with Crippen molar-refractivity contribution >= 4 is 23.3 Å². The Morgan fingerprint density at radius 1 is 1.30 bits per heavy atom. The van der Waals surface area contributed by atoms with Gasteiger partial charge in [-0.05, 0) is 24.3 Å². The van der Waals surface area contributed by atoms with Crippen LogP contribution in [0.3, 0.4) is 0 Å². The van der Waals surface area contributed by atoms with Gasteiger partial charge < -0.3 is 15.4 Å². The number of nitriles is 1. The Balaban J connectivity index is 2.71. The quantitative estimate of drug-likeness (QED) is 0.486. The van der Waals surface area contributed by atoms with E-state index in [4.69, 9.17) is 5.26 Å². The van der Waals surface area contributed by atoms with Crippen LogP contribution >= 0.6 is 0 Å². The number of hydrogen-bond donors (Lipinski definition) is 2. The molecule has 1 aromatic rings. The number of nitrogens with one attached hydrogen (secondary N) is 2. The molecule has 0 radical (unpaired) electrons. The van der Waals surface area contributed by atoms with E-state index in [9.17, 15) is 9.59 Å². The van der Waals surface area contributed by atoms with Crippen LogP contribution in [0.15, 0.2) is 36.0 Å². The molecule has 0 aliphatic rings. The fourth-order valence-corrected chi connectivity index (χ4v) is 1.30. The first-order chi connectivity index (χ1) is 9.60. The van der Waals surface area contributed by atoms with Gasteiger partial charge in [-0.25, -0.2) is 4.79 Å². The highest BCUT2D eigenvalue weighted by Gasteiger charge is 2.07. The van der Waals surface area contributed by atoms with E-state index in [2.05, 4.69) is 15.4 Å². The molecule has 0 aliphatic heterocycles. The van der Waals surface area contributed by atoms with Crippen LogP contribution in [-0.2, 0) is 14.3 Å². The summed E-state index contributed by atoms with van der Waals surface area (Å²) in [6, 6.07) is 8.60. The van der Waals surface area contributed by atoms with Crippen molar-refractivity contribution in [3.8, 4) is 6.07 Å². The summed E-state index contributed by atoms with van der Waals surface area (Å²) in [6.45, 7) is 1.77. The van der Waals surface area contributed by atoms with E-state index in [1.54, 1.807) is 37.3 Å². The number of rotatable bonds is 5. The van der Waals surface area contributed by atoms with E-state index in [0.717, 1.165) is 0 Å². The minimum atomic E-state index is -0.702. The molecule has 0 aliphatic carbocycles. The highest BCUT2D eigenvalue weighted by atomic mass is 16.5. The molecule has 6 heteroatoms. The SMILES string of the molecule is CCC(=O)Nc1ccc(N/C=C(\C#N)C(=O)OC)cc1. The predicted molar refractivity (Wildman–Crippen MR) is 74.7 cm³/mol. The Kier molecular flexibility index (Phi) is 5.78. The lowest BCUT2D eigenvalue weighted by Crippen LogP contribution is -2.09. The Morgan fingerprint density at radius 3 is 2.40 bits per heavy atom. The first-order valence-corrected chi connectivity index (χ1v) is 5.95. The summed E-state index contributed by atoms with van der Waals surface area (Å²) in [5, 5.41) is 14.3. The smallest absolute Gasteiger partial charge is 0.350 e. The molecule has 0 bridgehead atoms. The van der Waals surface area contributed by atoms with Crippen molar-refractivity contribution < 1.29 is 14.3 Å². The monoisotopic (exact) mass is 273 g/mol. The predicted octanol–water partition coefficient (Wildman–Crippen LogP) is 2.03. The van der Waals surface area contributed by atoms with E-state index >= 15 is 0 Å². The van der Waals surface area contributed by atoms with Gasteiger partial charge in [0, 0.05) is 24.0 Å². The number of benzene rings is 1. The summed E-state index contributed by atoms with van der Waals surface area (Å²) in [5.41, 5.74) is 1.23. The summed E-state index contributed by atoms with van der Waals surface area (Å²) in [5.74, 6) is -0.769. The van der Waals surface area contributed by atoms with Gasteiger partial charge in [-0.3, -0.25) is 4.79 Å². The normalized spacial score (nSPS) is 10.3. The summed E-state index contributed by atoms with van der Waals surface area (Å²) >= 11 is 0. The van der Waals surface area contributed by atoms with E-state index in [-0.39, 0.29) is 11.5 Å². The molecule has 0 saturated carbocycles. The van der Waals surface area contributed by atoms with Crippen LogP contribution in [0.5, 0.6) is 0 Å². The van der Waals surface area contributed by atoms with Crippen LogP contribution < -0.4 is 10.6 Å². The van der Waals surface area contributed by atoms with Crippen molar-refractivity contribution in [2.24, 2.45) is 0 Å². The highest BCUT2D eigenvalue weighted by Crippen LogP contribution is 2.14. The first kappa shape index (κ1) is 15.2. The van der Waals surface area contributed by atoms with Gasteiger partial charge in [0.2, 0.25) is 5.91 Å². The zero-order valence-electron chi connectivity index (χ0n) is 11.3. The van der Waals surface area contributed by atoms with Crippen molar-refractivity contribution in [2.45, 2.75) is 13.3 Å². The van der Waals surface area contributed by atoms with Gasteiger partial charge in [0.1, 0.15) is 6.07 Å². The third-order valence-corrected chi connectivity index (χ3v) is 2.40. The molecular formula is C14H15N3O3. The van der Waals surface area contributed by atoms with Gasteiger partial charge in [0.15, 0.2) is 5.57 Å². The van der Waals surface area contributed by atoms with Gasteiger partial charge in [0.25, 0.3) is 0 Å². The van der Waals surface area contributed by atoms with Crippen molar-refractivity contribution in [3.63, 3.8) is 0 Å². The lowest BCUT2D eigenvalue weighted by atomic mass is 10.2. The summed E-state index contributed by atoms with van der Waals surface area (Å²) in [6.07, 6.45) is 1.68. The largest absolute Gasteiger partial charge is 0.465 e. The molecule has 104 valence electrons. The van der Waals surface area contributed by atoms with Gasteiger partial charge in [-0.1, -0.05) is 6.92 Å². The standard InChI is InChI=1S/C14H15N3O3/c1-3-13(18)17-12-6-4-11(5-7-12)16-9-10(8-15)14(19)20-2/h4-7,9,16H,3H2,1-2H3,(H,17,18)/b10-9+. The Hall–Kier alpha value is -2.81. The Morgan fingerprint density at radius 2 is 1.90 bits per heavy atom. The molecule has 0 fully saturated rings. The summed E-state index contributed by atoms with van der Waals surface area (Å²) in [4.78, 5) is 22.4. The highest BCUT2D eigenvalue weighted by molar-refractivity contribution is 5.93. The van der Waals surface area contributed by atoms with Crippen LogP contribution in [0.1, 0.15) is 13.3 Å². The van der Waals surface area contributed by atoms with E-state index in [1.807, 2.05) is 0 Å². The third kappa shape index (κ3) is 4.46. The van der Waals surface area contributed by atoms with E-state index in [0.29, 0.717) is 17.8 Å². The van der Waals surface area contributed by atoms with Crippen molar-refractivity contribution in [2.75, 3.05) is 17.7 Å². The van der Waals surface area contributed by atoms with E-state index < -0.39 is 5.97 Å². The van der Waals surface area contributed by atoms with Crippen molar-refractivity contribution in [3.05, 3.63) is 36.0 Å². The molecule has 1 aromatic carbocycles. The molecule has 0 heterocycles. The topological polar surface area (TPSA) is 91.2 Å². The van der Waals surface area contributed by atoms with Gasteiger partial charge in [-0.15, -0.1) is 0 Å². The zero-order valence-corrected chi connectivity index (χ0v) is 11.3. The number of nitrogens with zero attached hydrogens (tertiary/aromatic N) is 1. The summed E-state index contributed by atoms with van der Waals surface area (Å²) < 4.78 is 4.45. The average molecular weight is 273 g/mol. The van der Waals surface area contributed by atoms with Crippen LogP contribution in [0.4, 0.5) is 11.4 Å². The number of esters is 1. The molecule has 0 atom stereocenters. The molecular weight excluding hydrogens is 258 g/mol. The average Bonchev–Trinajstić information content (AvgIpc) is 2.48.